The molecule has 4 nitrogen and oxygen atoms in total. The molecular formula is C8H18N2O2S. The van der Waals surface area contributed by atoms with E-state index in [1.165, 1.54) is 6.26 Å². The third kappa shape index (κ3) is 3.25. The van der Waals surface area contributed by atoms with Gasteiger partial charge in [-0.15, -0.1) is 0 Å². The number of hydrogen-bond donors (Lipinski definition) is 1. The highest BCUT2D eigenvalue weighted by molar-refractivity contribution is 7.88. The van der Waals surface area contributed by atoms with Crippen LogP contribution in [0.3, 0.4) is 0 Å². The van der Waals surface area contributed by atoms with Crippen molar-refractivity contribution in [2.24, 2.45) is 5.92 Å². The van der Waals surface area contributed by atoms with E-state index in [0.29, 0.717) is 19.0 Å². The van der Waals surface area contributed by atoms with Crippen LogP contribution in [0.15, 0.2) is 0 Å². The van der Waals surface area contributed by atoms with E-state index in [9.17, 15) is 8.42 Å². The largest absolute Gasteiger partial charge is 0.320 e. The molecule has 1 unspecified atom stereocenters. The minimum Gasteiger partial charge on any atom is -0.320 e. The summed E-state index contributed by atoms with van der Waals surface area (Å²) in [6, 6.07) is 0. The Morgan fingerprint density at radius 3 is 2.69 bits per heavy atom. The Balaban J connectivity index is 2.37. The third-order valence-electron chi connectivity index (χ3n) is 2.52. The molecule has 0 aliphatic carbocycles. The second-order valence-electron chi connectivity index (χ2n) is 3.67. The van der Waals surface area contributed by atoms with Gasteiger partial charge >= 0.3 is 0 Å². The van der Waals surface area contributed by atoms with Gasteiger partial charge in [0.2, 0.25) is 10.0 Å². The minimum atomic E-state index is -2.95. The molecule has 1 N–H and O–H groups in total. The zero-order chi connectivity index (χ0) is 9.90. The quantitative estimate of drug-likeness (QED) is 0.697. The molecule has 0 bridgehead atoms. The van der Waals surface area contributed by atoms with E-state index < -0.39 is 10.0 Å². The molecule has 1 atom stereocenters. The summed E-state index contributed by atoms with van der Waals surface area (Å²) >= 11 is 0. The van der Waals surface area contributed by atoms with Crippen LogP contribution in [0.4, 0.5) is 0 Å². The van der Waals surface area contributed by atoms with E-state index in [-0.39, 0.29) is 0 Å². The summed E-state index contributed by atoms with van der Waals surface area (Å²) in [5.41, 5.74) is 0. The van der Waals surface area contributed by atoms with Gasteiger partial charge in [0, 0.05) is 13.1 Å². The van der Waals surface area contributed by atoms with E-state index in [2.05, 4.69) is 5.32 Å². The first-order valence-corrected chi connectivity index (χ1v) is 6.48. The maximum Gasteiger partial charge on any atom is 0.211 e. The van der Waals surface area contributed by atoms with Crippen LogP contribution >= 0.6 is 0 Å². The van der Waals surface area contributed by atoms with Crippen molar-refractivity contribution < 1.29 is 8.42 Å². The smallest absolute Gasteiger partial charge is 0.211 e. The Labute approximate surface area is 80.4 Å². The van der Waals surface area contributed by atoms with E-state index >= 15 is 0 Å². The highest BCUT2D eigenvalue weighted by Crippen LogP contribution is 2.20. The minimum absolute atomic E-state index is 0.544. The predicted octanol–water partition coefficient (Wildman–Crippen LogP) is -0.123. The molecule has 1 saturated heterocycles. The number of nitrogens with zero attached hydrogens (tertiary/aromatic N) is 1. The molecule has 5 heteroatoms. The number of rotatable bonds is 4. The van der Waals surface area contributed by atoms with Crippen LogP contribution in [0, 0.1) is 5.92 Å². The van der Waals surface area contributed by atoms with E-state index in [0.717, 1.165) is 19.4 Å². The maximum absolute atomic E-state index is 11.2. The number of hydrogen-bond acceptors (Lipinski definition) is 3. The Morgan fingerprint density at radius 1 is 1.54 bits per heavy atom. The fourth-order valence-electron chi connectivity index (χ4n) is 1.68. The third-order valence-corrected chi connectivity index (χ3v) is 3.79. The topological polar surface area (TPSA) is 49.4 Å². The monoisotopic (exact) mass is 206 g/mol. The van der Waals surface area contributed by atoms with Gasteiger partial charge < -0.3 is 5.32 Å². The van der Waals surface area contributed by atoms with Gasteiger partial charge in [0.15, 0.2) is 0 Å². The molecule has 0 amide bonds. The molecule has 0 aromatic carbocycles. The standard InChI is InChI=1S/C8H18N2O2S/c1-9-5-3-8-4-6-10(7-8)13(2,11)12/h8-9H,3-7H2,1-2H3. The molecule has 0 saturated carbocycles. The lowest BCUT2D eigenvalue weighted by Crippen LogP contribution is -2.27. The zero-order valence-corrected chi connectivity index (χ0v) is 9.10. The molecule has 0 aromatic heterocycles. The summed E-state index contributed by atoms with van der Waals surface area (Å²) in [7, 11) is -1.03. The number of nitrogens with one attached hydrogen (secondary N) is 1. The lowest BCUT2D eigenvalue weighted by molar-refractivity contribution is 0.447. The molecule has 1 fully saturated rings. The molecule has 0 spiro atoms. The lowest BCUT2D eigenvalue weighted by atomic mass is 10.1. The van der Waals surface area contributed by atoms with Crippen molar-refractivity contribution in [1.82, 2.24) is 9.62 Å². The fraction of sp³-hybridized carbons (Fsp3) is 1.00. The van der Waals surface area contributed by atoms with Crippen LogP contribution in [0.2, 0.25) is 0 Å². The van der Waals surface area contributed by atoms with Crippen molar-refractivity contribution in [2.75, 3.05) is 32.9 Å². The van der Waals surface area contributed by atoms with Gasteiger partial charge in [0.25, 0.3) is 0 Å². The summed E-state index contributed by atoms with van der Waals surface area (Å²) in [6.45, 7) is 2.38. The summed E-state index contributed by atoms with van der Waals surface area (Å²) in [4.78, 5) is 0. The van der Waals surface area contributed by atoms with Gasteiger partial charge in [-0.2, -0.15) is 0 Å². The Kier molecular flexibility index (Phi) is 3.70. The zero-order valence-electron chi connectivity index (χ0n) is 8.28. The molecule has 13 heavy (non-hydrogen) atoms. The van der Waals surface area contributed by atoms with Gasteiger partial charge in [-0.05, 0) is 32.4 Å². The van der Waals surface area contributed by atoms with Crippen LogP contribution in [0.1, 0.15) is 12.8 Å². The van der Waals surface area contributed by atoms with Crippen molar-refractivity contribution in [3.05, 3.63) is 0 Å². The van der Waals surface area contributed by atoms with E-state index in [1.54, 1.807) is 4.31 Å². The normalized spacial score (nSPS) is 25.2. The summed E-state index contributed by atoms with van der Waals surface area (Å²) < 4.78 is 23.9. The summed E-state index contributed by atoms with van der Waals surface area (Å²) in [6.07, 6.45) is 3.37. The van der Waals surface area contributed by atoms with E-state index in [4.69, 9.17) is 0 Å². The number of sulfonamides is 1. The molecule has 1 heterocycles. The van der Waals surface area contributed by atoms with Crippen LogP contribution in [0.25, 0.3) is 0 Å². The molecule has 1 aliphatic heterocycles. The fourth-order valence-corrected chi connectivity index (χ4v) is 2.60. The maximum atomic E-state index is 11.2. The van der Waals surface area contributed by atoms with Gasteiger partial charge in [0.1, 0.15) is 0 Å². The van der Waals surface area contributed by atoms with Crippen LogP contribution in [-0.4, -0.2) is 45.7 Å². The molecule has 1 rings (SSSR count). The van der Waals surface area contributed by atoms with Crippen molar-refractivity contribution in [1.29, 1.82) is 0 Å². The Morgan fingerprint density at radius 2 is 2.23 bits per heavy atom. The SMILES string of the molecule is CNCCC1CCN(S(C)(=O)=O)C1. The molecule has 1 aliphatic rings. The predicted molar refractivity (Wildman–Crippen MR) is 53.1 cm³/mol. The van der Waals surface area contributed by atoms with Crippen LogP contribution in [0.5, 0.6) is 0 Å². The first-order valence-electron chi connectivity index (χ1n) is 4.63. The van der Waals surface area contributed by atoms with Crippen molar-refractivity contribution >= 4 is 10.0 Å². The van der Waals surface area contributed by atoms with Gasteiger partial charge in [-0.25, -0.2) is 12.7 Å². The first-order chi connectivity index (χ1) is 6.04. The van der Waals surface area contributed by atoms with Crippen LogP contribution in [-0.2, 0) is 10.0 Å². The van der Waals surface area contributed by atoms with Gasteiger partial charge in [-0.3, -0.25) is 0 Å². The summed E-state index contributed by atoms with van der Waals surface area (Å²) in [5.74, 6) is 0.544. The average molecular weight is 206 g/mol. The van der Waals surface area contributed by atoms with Gasteiger partial charge in [0.05, 0.1) is 6.26 Å². The summed E-state index contributed by atoms with van der Waals surface area (Å²) in [5, 5.41) is 3.08. The Hall–Kier alpha value is -0.130. The lowest BCUT2D eigenvalue weighted by Gasteiger charge is -2.12. The second kappa shape index (κ2) is 4.39. The van der Waals surface area contributed by atoms with Crippen molar-refractivity contribution in [3.63, 3.8) is 0 Å². The first kappa shape index (κ1) is 10.9. The highest BCUT2D eigenvalue weighted by Gasteiger charge is 2.27. The van der Waals surface area contributed by atoms with Crippen LogP contribution < -0.4 is 5.32 Å². The molecular weight excluding hydrogens is 188 g/mol. The van der Waals surface area contributed by atoms with Crippen molar-refractivity contribution in [3.8, 4) is 0 Å². The molecule has 78 valence electrons. The molecule has 0 radical (unpaired) electrons. The highest BCUT2D eigenvalue weighted by atomic mass is 32.2. The van der Waals surface area contributed by atoms with Gasteiger partial charge in [-0.1, -0.05) is 0 Å². The molecule has 0 aromatic rings. The van der Waals surface area contributed by atoms with Crippen molar-refractivity contribution in [2.45, 2.75) is 12.8 Å². The van der Waals surface area contributed by atoms with E-state index in [1.807, 2.05) is 7.05 Å². The Bertz CT molecular complexity index is 251. The average Bonchev–Trinajstić information content (AvgIpc) is 2.47. The second-order valence-corrected chi connectivity index (χ2v) is 5.65.